The molecule has 0 aromatic heterocycles. The van der Waals surface area contributed by atoms with Crippen LogP contribution in [-0.2, 0) is 25.4 Å². The first kappa shape index (κ1) is 35.5. The maximum Gasteiger partial charge on any atom is 0.408 e. The SMILES string of the molecule is COc1cccc2c1C(=O)c1c(O)c3c(c(O)c1C2=O)C[C@@](O)(C(=O)CO)C[C@@H]3OC1CC(NC(=O)OC2C=CCCCCC2)C(O)C(C)O1. The van der Waals surface area contributed by atoms with Gasteiger partial charge >= 0.3 is 6.09 Å². The predicted octanol–water partition coefficient (Wildman–Crippen LogP) is 2.66. The van der Waals surface area contributed by atoms with E-state index >= 15 is 0 Å². The highest BCUT2D eigenvalue weighted by atomic mass is 16.7. The Hall–Kier alpha value is -4.34. The third kappa shape index (κ3) is 6.37. The summed E-state index contributed by atoms with van der Waals surface area (Å²) in [5.74, 6) is -3.98. The summed E-state index contributed by atoms with van der Waals surface area (Å²) in [5.41, 5.74) is -3.93. The number of phenolic OH excluding ortho intramolecular Hbond substituents is 2. The number of carbonyl (C=O) groups excluding carboxylic acids is 4. The van der Waals surface area contributed by atoms with Crippen molar-refractivity contribution in [2.75, 3.05) is 13.7 Å². The van der Waals surface area contributed by atoms with E-state index in [1.54, 1.807) is 6.92 Å². The van der Waals surface area contributed by atoms with E-state index in [0.29, 0.717) is 6.42 Å². The minimum atomic E-state index is -2.32. The van der Waals surface area contributed by atoms with Crippen molar-refractivity contribution in [2.45, 2.75) is 101 Å². The third-order valence-electron chi connectivity index (χ3n) is 10.0. The van der Waals surface area contributed by atoms with Crippen LogP contribution in [0.15, 0.2) is 30.4 Å². The summed E-state index contributed by atoms with van der Waals surface area (Å²) in [5, 5.41) is 58.1. The van der Waals surface area contributed by atoms with Crippen molar-refractivity contribution >= 4 is 23.4 Å². The largest absolute Gasteiger partial charge is 0.507 e. The summed E-state index contributed by atoms with van der Waals surface area (Å²) in [6, 6.07) is 3.41. The number of ether oxygens (including phenoxy) is 4. The molecule has 14 heteroatoms. The van der Waals surface area contributed by atoms with Gasteiger partial charge < -0.3 is 49.8 Å². The summed E-state index contributed by atoms with van der Waals surface area (Å²) in [7, 11) is 1.31. The molecule has 7 atom stereocenters. The van der Waals surface area contributed by atoms with Gasteiger partial charge in [-0.3, -0.25) is 14.4 Å². The lowest BCUT2D eigenvalue weighted by atomic mass is 9.72. The molecule has 6 N–H and O–H groups in total. The second-order valence-corrected chi connectivity index (χ2v) is 13.3. The number of aliphatic hydroxyl groups excluding tert-OH is 2. The standard InChI is InChI=1S/C36H41NO13/c1-17-30(40)21(37-35(45)49-18-9-6-4-3-5-7-10-18)13-25(48-17)50-23-15-36(46,24(39)16-38)14-20-27(23)34(44)29-28(32(20)42)31(41)19-11-8-12-22(47-2)26(19)33(29)43/h6,8-9,11-12,17-18,21,23,25,30,38,40,42,44,46H,3-5,7,10,13-16H2,1-2H3,(H,37,45)/t17?,18?,21?,23-,25?,30?,36-/m0/s1. The zero-order chi connectivity index (χ0) is 35.9. The molecular weight excluding hydrogens is 654 g/mol. The van der Waals surface area contributed by atoms with Gasteiger partial charge in [0.2, 0.25) is 5.78 Å². The number of hydrogen-bond donors (Lipinski definition) is 6. The van der Waals surface area contributed by atoms with Crippen molar-refractivity contribution in [3.05, 3.63) is 63.7 Å². The summed E-state index contributed by atoms with van der Waals surface area (Å²) < 4.78 is 23.0. The maximum absolute atomic E-state index is 13.9. The van der Waals surface area contributed by atoms with Crippen LogP contribution >= 0.6 is 0 Å². The Kier molecular flexibility index (Phi) is 10.0. The molecule has 0 radical (unpaired) electrons. The minimum absolute atomic E-state index is 0.0737. The normalized spacial score (nSPS) is 29.1. The molecule has 0 saturated carbocycles. The van der Waals surface area contributed by atoms with Crippen LogP contribution in [0.5, 0.6) is 17.2 Å². The van der Waals surface area contributed by atoms with Gasteiger partial charge in [-0.25, -0.2) is 4.79 Å². The molecule has 1 saturated heterocycles. The molecule has 0 bridgehead atoms. The number of benzene rings is 2. The van der Waals surface area contributed by atoms with E-state index in [9.17, 15) is 44.7 Å². The second-order valence-electron chi connectivity index (χ2n) is 13.3. The first-order valence-corrected chi connectivity index (χ1v) is 16.7. The average molecular weight is 696 g/mol. The predicted molar refractivity (Wildman–Crippen MR) is 173 cm³/mol. The topological polar surface area (TPSA) is 218 Å². The monoisotopic (exact) mass is 695 g/mol. The van der Waals surface area contributed by atoms with Crippen LogP contribution in [0.25, 0.3) is 0 Å². The first-order valence-electron chi connectivity index (χ1n) is 16.7. The number of fused-ring (bicyclic) bond motifs is 3. The molecule has 2 aromatic rings. The van der Waals surface area contributed by atoms with Crippen molar-refractivity contribution in [3.8, 4) is 17.2 Å². The van der Waals surface area contributed by atoms with Crippen LogP contribution in [-0.4, -0.2) is 98.9 Å². The van der Waals surface area contributed by atoms with Crippen LogP contribution in [0.1, 0.15) is 101 Å². The summed E-state index contributed by atoms with van der Waals surface area (Å²) >= 11 is 0. The Bertz CT molecular complexity index is 1740. The lowest BCUT2D eigenvalue weighted by Crippen LogP contribution is -2.56. The number of Topliss-reactive ketones (excluding diaryl/α,β-unsaturated/α-hetero) is 1. The van der Waals surface area contributed by atoms with Gasteiger partial charge in [0, 0.05) is 36.0 Å². The van der Waals surface area contributed by atoms with Gasteiger partial charge in [0.1, 0.15) is 41.7 Å². The number of ketones is 3. The minimum Gasteiger partial charge on any atom is -0.507 e. The van der Waals surface area contributed by atoms with Crippen LogP contribution in [0.4, 0.5) is 4.79 Å². The number of aliphatic hydroxyl groups is 3. The number of rotatable bonds is 7. The van der Waals surface area contributed by atoms with Crippen molar-refractivity contribution < 1.29 is 63.7 Å². The Morgan fingerprint density at radius 2 is 1.82 bits per heavy atom. The number of allylic oxidation sites excluding steroid dienone is 1. The number of phenols is 2. The molecule has 5 unspecified atom stereocenters. The zero-order valence-corrected chi connectivity index (χ0v) is 27.7. The molecule has 1 amide bonds. The number of amides is 1. The lowest BCUT2D eigenvalue weighted by molar-refractivity contribution is -0.249. The molecule has 3 aliphatic carbocycles. The highest BCUT2D eigenvalue weighted by Crippen LogP contribution is 2.52. The molecular formula is C36H41NO13. The van der Waals surface area contributed by atoms with Crippen molar-refractivity contribution in [1.82, 2.24) is 5.32 Å². The quantitative estimate of drug-likeness (QED) is 0.155. The number of methoxy groups -OCH3 is 1. The van der Waals surface area contributed by atoms with Crippen LogP contribution in [0.3, 0.4) is 0 Å². The second kappa shape index (κ2) is 14.1. The Morgan fingerprint density at radius 3 is 2.56 bits per heavy atom. The molecule has 1 aliphatic heterocycles. The first-order chi connectivity index (χ1) is 23.9. The number of nitrogens with one attached hydrogen (secondary N) is 1. The Labute approximate surface area is 287 Å². The lowest BCUT2D eigenvalue weighted by Gasteiger charge is -2.42. The summed E-state index contributed by atoms with van der Waals surface area (Å²) in [4.78, 5) is 53.4. The van der Waals surface area contributed by atoms with E-state index < -0.39 is 108 Å². The third-order valence-corrected chi connectivity index (χ3v) is 10.0. The van der Waals surface area contributed by atoms with Gasteiger partial charge in [-0.2, -0.15) is 0 Å². The fourth-order valence-corrected chi connectivity index (χ4v) is 7.41. The van der Waals surface area contributed by atoms with Gasteiger partial charge in [-0.15, -0.1) is 0 Å². The number of aromatic hydroxyl groups is 2. The molecule has 4 aliphatic rings. The van der Waals surface area contributed by atoms with E-state index in [4.69, 9.17) is 18.9 Å². The van der Waals surface area contributed by atoms with E-state index in [1.165, 1.54) is 25.3 Å². The van der Waals surface area contributed by atoms with Gasteiger partial charge in [0.05, 0.1) is 42.0 Å². The smallest absolute Gasteiger partial charge is 0.408 e. The zero-order valence-electron chi connectivity index (χ0n) is 27.7. The highest BCUT2D eigenvalue weighted by Gasteiger charge is 2.50. The number of carbonyl (C=O) groups is 4. The number of hydrogen-bond acceptors (Lipinski definition) is 13. The van der Waals surface area contributed by atoms with E-state index in [1.807, 2.05) is 12.2 Å². The Morgan fingerprint density at radius 1 is 1.06 bits per heavy atom. The molecule has 6 rings (SSSR count). The van der Waals surface area contributed by atoms with Crippen LogP contribution < -0.4 is 10.1 Å². The average Bonchev–Trinajstić information content (AvgIpc) is 3.07. The molecule has 14 nitrogen and oxygen atoms in total. The van der Waals surface area contributed by atoms with E-state index in [2.05, 4.69) is 5.32 Å². The molecule has 1 heterocycles. The fourth-order valence-electron chi connectivity index (χ4n) is 7.41. The van der Waals surface area contributed by atoms with E-state index in [0.717, 1.165) is 25.7 Å². The van der Waals surface area contributed by atoms with Gasteiger partial charge in [0.25, 0.3) is 0 Å². The summed E-state index contributed by atoms with van der Waals surface area (Å²) in [6.07, 6.45) is 1.13. The molecule has 1 fully saturated rings. The maximum atomic E-state index is 13.9. The molecule has 0 spiro atoms. The Balaban J connectivity index is 1.33. The van der Waals surface area contributed by atoms with Gasteiger partial charge in [0.15, 0.2) is 17.9 Å². The fraction of sp³-hybridized carbons (Fsp3) is 0.500. The van der Waals surface area contributed by atoms with E-state index in [-0.39, 0.29) is 34.4 Å². The highest BCUT2D eigenvalue weighted by molar-refractivity contribution is 6.31. The van der Waals surface area contributed by atoms with Crippen LogP contribution in [0, 0.1) is 0 Å². The van der Waals surface area contributed by atoms with Crippen molar-refractivity contribution in [1.29, 1.82) is 0 Å². The van der Waals surface area contributed by atoms with Crippen molar-refractivity contribution in [3.63, 3.8) is 0 Å². The molecule has 2 aromatic carbocycles. The number of alkyl carbamates (subject to hydrolysis) is 1. The van der Waals surface area contributed by atoms with Crippen molar-refractivity contribution in [2.24, 2.45) is 0 Å². The van der Waals surface area contributed by atoms with Crippen LogP contribution in [0.2, 0.25) is 0 Å². The van der Waals surface area contributed by atoms with Gasteiger partial charge in [-0.05, 0) is 44.7 Å². The molecule has 268 valence electrons. The van der Waals surface area contributed by atoms with Gasteiger partial charge in [-0.1, -0.05) is 24.6 Å². The molecule has 50 heavy (non-hydrogen) atoms. The summed E-state index contributed by atoms with van der Waals surface area (Å²) in [6.45, 7) is 0.487.